The van der Waals surface area contributed by atoms with Gasteiger partial charge in [0.05, 0.1) is 12.6 Å². The van der Waals surface area contributed by atoms with E-state index in [9.17, 15) is 13.6 Å². The topological polar surface area (TPSA) is 73.6 Å². The first-order chi connectivity index (χ1) is 9.27. The van der Waals surface area contributed by atoms with Crippen LogP contribution in [0.2, 0.25) is 0 Å². The lowest BCUT2D eigenvalue weighted by Gasteiger charge is -2.23. The Morgan fingerprint density at radius 3 is 2.60 bits per heavy atom. The molecule has 0 saturated heterocycles. The summed E-state index contributed by atoms with van der Waals surface area (Å²) in [5, 5.41) is 2.88. The Labute approximate surface area is 116 Å². The van der Waals surface area contributed by atoms with Crippen molar-refractivity contribution >= 4 is 5.91 Å². The van der Waals surface area contributed by atoms with Crippen LogP contribution >= 0.6 is 0 Å². The predicted molar refractivity (Wildman–Crippen MR) is 69.7 cm³/mol. The van der Waals surface area contributed by atoms with Gasteiger partial charge in [0.15, 0.2) is 11.5 Å². The first-order valence-corrected chi connectivity index (χ1v) is 5.93. The molecule has 0 heterocycles. The van der Waals surface area contributed by atoms with Crippen LogP contribution in [-0.2, 0) is 11.3 Å². The second kappa shape index (κ2) is 6.51. The van der Waals surface area contributed by atoms with Crippen LogP contribution in [0.25, 0.3) is 0 Å². The average Bonchev–Trinajstić information content (AvgIpc) is 2.36. The fourth-order valence-corrected chi connectivity index (χ4v) is 1.49. The quantitative estimate of drug-likeness (QED) is 0.800. The highest BCUT2D eigenvalue weighted by molar-refractivity contribution is 5.83. The molecule has 0 saturated carbocycles. The van der Waals surface area contributed by atoms with Gasteiger partial charge in [0.1, 0.15) is 0 Å². The van der Waals surface area contributed by atoms with Crippen molar-refractivity contribution in [1.82, 2.24) is 5.32 Å². The van der Waals surface area contributed by atoms with Crippen LogP contribution in [0.4, 0.5) is 8.78 Å². The number of primary amides is 1. The zero-order valence-electron chi connectivity index (χ0n) is 11.6. The van der Waals surface area contributed by atoms with Crippen molar-refractivity contribution in [2.24, 2.45) is 5.73 Å². The minimum atomic E-state index is -2.96. The molecule has 112 valence electrons. The lowest BCUT2D eigenvalue weighted by Crippen LogP contribution is -2.50. The van der Waals surface area contributed by atoms with Crippen molar-refractivity contribution in [1.29, 1.82) is 0 Å². The Morgan fingerprint density at radius 2 is 2.10 bits per heavy atom. The van der Waals surface area contributed by atoms with Gasteiger partial charge in [-0.1, -0.05) is 12.1 Å². The van der Waals surface area contributed by atoms with Gasteiger partial charge in [0, 0.05) is 12.1 Å². The van der Waals surface area contributed by atoms with Crippen LogP contribution in [-0.4, -0.2) is 25.2 Å². The highest BCUT2D eigenvalue weighted by atomic mass is 19.3. The van der Waals surface area contributed by atoms with Crippen molar-refractivity contribution in [2.75, 3.05) is 7.11 Å². The molecule has 1 rings (SSSR count). The minimum Gasteiger partial charge on any atom is -0.493 e. The number of ether oxygens (including phenoxy) is 2. The summed E-state index contributed by atoms with van der Waals surface area (Å²) in [5.74, 6) is -0.407. The standard InChI is InChI=1S/C13H18F2N2O3/c1-13(2,11(16)18)17-7-8-5-4-6-9(19-3)10(8)20-12(14)15/h4-6,12,17H,7H2,1-3H3,(H2,16,18). The highest BCUT2D eigenvalue weighted by Crippen LogP contribution is 2.32. The summed E-state index contributed by atoms with van der Waals surface area (Å²) >= 11 is 0. The van der Waals surface area contributed by atoms with Gasteiger partial charge in [-0.25, -0.2) is 0 Å². The van der Waals surface area contributed by atoms with Gasteiger partial charge >= 0.3 is 6.61 Å². The molecular formula is C13H18F2N2O3. The molecule has 20 heavy (non-hydrogen) atoms. The summed E-state index contributed by atoms with van der Waals surface area (Å²) < 4.78 is 34.4. The molecule has 1 aromatic carbocycles. The third-order valence-corrected chi connectivity index (χ3v) is 2.82. The maximum atomic E-state index is 12.4. The van der Waals surface area contributed by atoms with Crippen molar-refractivity contribution in [3.05, 3.63) is 23.8 Å². The number of hydrogen-bond donors (Lipinski definition) is 2. The lowest BCUT2D eigenvalue weighted by molar-refractivity contribution is -0.123. The van der Waals surface area contributed by atoms with E-state index in [4.69, 9.17) is 10.5 Å². The zero-order chi connectivity index (χ0) is 15.3. The first kappa shape index (κ1) is 16.2. The fraction of sp³-hybridized carbons (Fsp3) is 0.462. The normalized spacial score (nSPS) is 11.5. The van der Waals surface area contributed by atoms with E-state index in [1.165, 1.54) is 13.2 Å². The molecule has 0 aliphatic heterocycles. The van der Waals surface area contributed by atoms with Crippen LogP contribution in [0.5, 0.6) is 11.5 Å². The summed E-state index contributed by atoms with van der Waals surface area (Å²) in [6, 6.07) is 4.76. The number of nitrogens with two attached hydrogens (primary N) is 1. The van der Waals surface area contributed by atoms with Crippen molar-refractivity contribution < 1.29 is 23.0 Å². The number of carbonyl (C=O) groups is 1. The number of para-hydroxylation sites is 1. The van der Waals surface area contributed by atoms with Gasteiger partial charge < -0.3 is 15.2 Å². The minimum absolute atomic E-state index is 0.0576. The van der Waals surface area contributed by atoms with Gasteiger partial charge in [-0.2, -0.15) is 8.78 Å². The summed E-state index contributed by atoms with van der Waals surface area (Å²) in [6.07, 6.45) is 0. The average molecular weight is 288 g/mol. The number of hydrogen-bond acceptors (Lipinski definition) is 4. The Morgan fingerprint density at radius 1 is 1.45 bits per heavy atom. The second-order valence-electron chi connectivity index (χ2n) is 4.67. The molecule has 1 amide bonds. The van der Waals surface area contributed by atoms with E-state index < -0.39 is 18.1 Å². The van der Waals surface area contributed by atoms with Gasteiger partial charge in [0.2, 0.25) is 5.91 Å². The smallest absolute Gasteiger partial charge is 0.387 e. The van der Waals surface area contributed by atoms with Crippen molar-refractivity contribution in [3.8, 4) is 11.5 Å². The SMILES string of the molecule is COc1cccc(CNC(C)(C)C(N)=O)c1OC(F)F. The van der Waals surface area contributed by atoms with E-state index in [1.54, 1.807) is 26.0 Å². The highest BCUT2D eigenvalue weighted by Gasteiger charge is 2.25. The Kier molecular flexibility index (Phi) is 5.26. The van der Waals surface area contributed by atoms with E-state index in [2.05, 4.69) is 10.1 Å². The van der Waals surface area contributed by atoms with Crippen molar-refractivity contribution in [2.45, 2.75) is 32.5 Å². The van der Waals surface area contributed by atoms with E-state index in [0.29, 0.717) is 5.56 Å². The monoisotopic (exact) mass is 288 g/mol. The molecule has 3 N–H and O–H groups in total. The first-order valence-electron chi connectivity index (χ1n) is 5.93. The number of nitrogens with one attached hydrogen (secondary N) is 1. The fourth-order valence-electron chi connectivity index (χ4n) is 1.49. The van der Waals surface area contributed by atoms with E-state index in [1.807, 2.05) is 0 Å². The van der Waals surface area contributed by atoms with E-state index in [0.717, 1.165) is 0 Å². The number of amides is 1. The number of carbonyl (C=O) groups excluding carboxylic acids is 1. The maximum absolute atomic E-state index is 12.4. The second-order valence-corrected chi connectivity index (χ2v) is 4.67. The lowest BCUT2D eigenvalue weighted by atomic mass is 10.0. The molecule has 0 fully saturated rings. The van der Waals surface area contributed by atoms with Crippen molar-refractivity contribution in [3.63, 3.8) is 0 Å². The molecule has 0 radical (unpaired) electrons. The molecule has 0 aromatic heterocycles. The van der Waals surface area contributed by atoms with Crippen LogP contribution in [0.15, 0.2) is 18.2 Å². The Balaban J connectivity index is 2.97. The third kappa shape index (κ3) is 4.06. The van der Waals surface area contributed by atoms with Gasteiger partial charge in [-0.05, 0) is 19.9 Å². The largest absolute Gasteiger partial charge is 0.493 e. The molecule has 0 aliphatic carbocycles. The van der Waals surface area contributed by atoms with Crippen LogP contribution in [0.3, 0.4) is 0 Å². The van der Waals surface area contributed by atoms with Crippen LogP contribution in [0, 0.1) is 0 Å². The van der Waals surface area contributed by atoms with E-state index >= 15 is 0 Å². The predicted octanol–water partition coefficient (Wildman–Crippen LogP) is 1.65. The summed E-state index contributed by atoms with van der Waals surface area (Å²) in [7, 11) is 1.36. The Bertz CT molecular complexity index is 479. The van der Waals surface area contributed by atoms with Gasteiger partial charge in [-0.3, -0.25) is 10.1 Å². The molecule has 0 aliphatic rings. The summed E-state index contributed by atoms with van der Waals surface area (Å²) in [4.78, 5) is 11.2. The molecule has 0 bridgehead atoms. The number of rotatable bonds is 7. The Hall–Kier alpha value is -1.89. The summed E-state index contributed by atoms with van der Waals surface area (Å²) in [6.45, 7) is 0.371. The van der Waals surface area contributed by atoms with Crippen LogP contribution < -0.4 is 20.5 Å². The van der Waals surface area contributed by atoms with E-state index in [-0.39, 0.29) is 18.0 Å². The number of alkyl halides is 2. The maximum Gasteiger partial charge on any atom is 0.387 e. The van der Waals surface area contributed by atoms with Crippen LogP contribution in [0.1, 0.15) is 19.4 Å². The molecule has 0 unspecified atom stereocenters. The van der Waals surface area contributed by atoms with Gasteiger partial charge in [0.25, 0.3) is 0 Å². The molecule has 7 heteroatoms. The molecule has 0 atom stereocenters. The third-order valence-electron chi connectivity index (χ3n) is 2.82. The molecular weight excluding hydrogens is 270 g/mol. The number of methoxy groups -OCH3 is 1. The zero-order valence-corrected chi connectivity index (χ0v) is 11.6. The molecule has 5 nitrogen and oxygen atoms in total. The molecule has 1 aromatic rings. The number of benzene rings is 1. The number of halogens is 2. The van der Waals surface area contributed by atoms with Gasteiger partial charge in [-0.15, -0.1) is 0 Å². The summed E-state index contributed by atoms with van der Waals surface area (Å²) in [5.41, 5.74) is 4.71. The molecule has 0 spiro atoms.